The molecule has 0 aliphatic heterocycles. The third kappa shape index (κ3) is 3.19. The van der Waals surface area contributed by atoms with Crippen molar-refractivity contribution in [1.29, 1.82) is 0 Å². The van der Waals surface area contributed by atoms with E-state index in [0.29, 0.717) is 16.4 Å². The number of halogens is 1. The Bertz CT molecular complexity index is 868. The maximum atomic E-state index is 12.6. The maximum absolute atomic E-state index is 12.6. The number of rotatable bonds is 5. The van der Waals surface area contributed by atoms with Gasteiger partial charge in [0.05, 0.1) is 29.3 Å². The van der Waals surface area contributed by atoms with Crippen LogP contribution in [0.25, 0.3) is 5.69 Å². The number of nitrogens with zero attached hydrogens (tertiary/aromatic N) is 4. The van der Waals surface area contributed by atoms with Crippen LogP contribution in [-0.4, -0.2) is 25.5 Å². The molecule has 6 nitrogen and oxygen atoms in total. The highest BCUT2D eigenvalue weighted by Gasteiger charge is 2.16. The highest BCUT2D eigenvalue weighted by molar-refractivity contribution is 6.30. The number of amides is 1. The Balaban J connectivity index is 1.85. The quantitative estimate of drug-likeness (QED) is 0.768. The van der Waals surface area contributed by atoms with Crippen LogP contribution in [0.2, 0.25) is 5.02 Å². The number of carbonyl (C=O) groups excluding carboxylic acids is 1. The van der Waals surface area contributed by atoms with Crippen LogP contribution in [0.4, 0.5) is 5.82 Å². The van der Waals surface area contributed by atoms with Gasteiger partial charge in [0.1, 0.15) is 5.82 Å². The molecule has 0 fully saturated rings. The Labute approximate surface area is 145 Å². The van der Waals surface area contributed by atoms with Gasteiger partial charge in [0.25, 0.3) is 5.91 Å². The summed E-state index contributed by atoms with van der Waals surface area (Å²) in [5, 5.41) is 12.0. The minimum atomic E-state index is -0.210. The summed E-state index contributed by atoms with van der Waals surface area (Å²) < 4.78 is 3.47. The average molecular weight is 344 g/mol. The summed E-state index contributed by atoms with van der Waals surface area (Å²) >= 11 is 6.03. The first-order valence-electron chi connectivity index (χ1n) is 7.74. The molecule has 0 spiro atoms. The molecule has 1 aromatic carbocycles. The molecule has 1 N–H and O–H groups in total. The molecule has 2 aromatic heterocycles. The smallest absolute Gasteiger partial charge is 0.260 e. The molecule has 0 aliphatic carbocycles. The minimum absolute atomic E-state index is 0.210. The van der Waals surface area contributed by atoms with Crippen molar-refractivity contribution in [3.8, 4) is 5.69 Å². The van der Waals surface area contributed by atoms with Crippen LogP contribution in [0.3, 0.4) is 0 Å². The summed E-state index contributed by atoms with van der Waals surface area (Å²) in [6, 6.07) is 9.13. The second-order valence-corrected chi connectivity index (χ2v) is 5.87. The lowest BCUT2D eigenvalue weighted by atomic mass is 10.2. The summed E-state index contributed by atoms with van der Waals surface area (Å²) in [5.74, 6) is 0.468. The van der Waals surface area contributed by atoms with E-state index in [1.165, 1.54) is 0 Å². The third-order valence-electron chi connectivity index (χ3n) is 3.70. The van der Waals surface area contributed by atoms with Gasteiger partial charge in [0, 0.05) is 17.6 Å². The van der Waals surface area contributed by atoms with E-state index in [1.807, 2.05) is 19.1 Å². The van der Waals surface area contributed by atoms with E-state index in [1.54, 1.807) is 40.0 Å². The van der Waals surface area contributed by atoms with Crippen molar-refractivity contribution in [3.05, 3.63) is 59.0 Å². The fourth-order valence-electron chi connectivity index (χ4n) is 2.51. The Morgan fingerprint density at radius 3 is 2.88 bits per heavy atom. The zero-order valence-electron chi connectivity index (χ0n) is 13.5. The van der Waals surface area contributed by atoms with Crippen molar-refractivity contribution in [2.75, 3.05) is 5.32 Å². The van der Waals surface area contributed by atoms with Gasteiger partial charge in [-0.05, 0) is 31.5 Å². The molecule has 0 bridgehead atoms. The van der Waals surface area contributed by atoms with Crippen LogP contribution in [0.1, 0.15) is 29.4 Å². The van der Waals surface area contributed by atoms with Gasteiger partial charge in [-0.25, -0.2) is 9.36 Å². The molecule has 0 atom stereocenters. The van der Waals surface area contributed by atoms with Gasteiger partial charge in [0.15, 0.2) is 0 Å². The van der Waals surface area contributed by atoms with Crippen LogP contribution in [0.5, 0.6) is 0 Å². The molecule has 0 unspecified atom stereocenters. The molecular formula is C17H18ClN5O. The fourth-order valence-corrected chi connectivity index (χ4v) is 2.70. The van der Waals surface area contributed by atoms with Gasteiger partial charge < -0.3 is 5.32 Å². The van der Waals surface area contributed by atoms with E-state index in [9.17, 15) is 4.79 Å². The summed E-state index contributed by atoms with van der Waals surface area (Å²) in [6.45, 7) is 4.67. The van der Waals surface area contributed by atoms with Crippen LogP contribution < -0.4 is 5.32 Å². The van der Waals surface area contributed by atoms with Crippen LogP contribution >= 0.6 is 11.6 Å². The van der Waals surface area contributed by atoms with Crippen LogP contribution in [0.15, 0.2) is 42.7 Å². The highest BCUT2D eigenvalue weighted by Crippen LogP contribution is 2.19. The number of carbonyl (C=O) groups is 1. The van der Waals surface area contributed by atoms with Crippen molar-refractivity contribution in [2.45, 2.75) is 26.8 Å². The molecule has 7 heteroatoms. The monoisotopic (exact) mass is 343 g/mol. The number of benzene rings is 1. The number of hydrogen-bond acceptors (Lipinski definition) is 3. The summed E-state index contributed by atoms with van der Waals surface area (Å²) in [5.41, 5.74) is 2.07. The molecule has 2 heterocycles. The zero-order chi connectivity index (χ0) is 17.1. The molecule has 0 aliphatic rings. The molecule has 3 rings (SSSR count). The number of aryl methyl sites for hydroxylation is 1. The highest BCUT2D eigenvalue weighted by atomic mass is 35.5. The van der Waals surface area contributed by atoms with Crippen molar-refractivity contribution < 1.29 is 4.79 Å². The van der Waals surface area contributed by atoms with Gasteiger partial charge in [-0.15, -0.1) is 0 Å². The Kier molecular flexibility index (Phi) is 4.66. The maximum Gasteiger partial charge on any atom is 0.260 e. The normalized spacial score (nSPS) is 10.8. The van der Waals surface area contributed by atoms with Gasteiger partial charge in [0.2, 0.25) is 0 Å². The molecule has 3 aromatic rings. The molecular weight excluding hydrogens is 326 g/mol. The van der Waals surface area contributed by atoms with E-state index in [0.717, 1.165) is 24.3 Å². The van der Waals surface area contributed by atoms with E-state index in [2.05, 4.69) is 22.4 Å². The van der Waals surface area contributed by atoms with Crippen LogP contribution in [-0.2, 0) is 6.54 Å². The first kappa shape index (κ1) is 16.3. The first-order valence-corrected chi connectivity index (χ1v) is 8.11. The van der Waals surface area contributed by atoms with Crippen molar-refractivity contribution >= 4 is 23.3 Å². The Morgan fingerprint density at radius 1 is 1.29 bits per heavy atom. The second-order valence-electron chi connectivity index (χ2n) is 5.43. The largest absolute Gasteiger partial charge is 0.307 e. The van der Waals surface area contributed by atoms with E-state index in [4.69, 9.17) is 11.6 Å². The lowest BCUT2D eigenvalue weighted by Crippen LogP contribution is -2.16. The summed E-state index contributed by atoms with van der Waals surface area (Å²) in [4.78, 5) is 12.6. The molecule has 0 saturated carbocycles. The average Bonchev–Trinajstić information content (AvgIpc) is 3.14. The predicted octanol–water partition coefficient (Wildman–Crippen LogP) is 3.69. The number of hydrogen-bond donors (Lipinski definition) is 1. The lowest BCUT2D eigenvalue weighted by Gasteiger charge is -2.08. The molecule has 124 valence electrons. The van der Waals surface area contributed by atoms with Gasteiger partial charge in [-0.1, -0.05) is 24.6 Å². The molecule has 24 heavy (non-hydrogen) atoms. The topological polar surface area (TPSA) is 64.7 Å². The minimum Gasteiger partial charge on any atom is -0.307 e. The van der Waals surface area contributed by atoms with Crippen LogP contribution in [0, 0.1) is 6.92 Å². The van der Waals surface area contributed by atoms with Gasteiger partial charge in [-0.3, -0.25) is 4.79 Å². The Morgan fingerprint density at radius 2 is 2.12 bits per heavy atom. The molecule has 0 radical (unpaired) electrons. The van der Waals surface area contributed by atoms with Crippen molar-refractivity contribution in [1.82, 2.24) is 19.6 Å². The molecule has 1 amide bonds. The predicted molar refractivity (Wildman–Crippen MR) is 93.8 cm³/mol. The van der Waals surface area contributed by atoms with Gasteiger partial charge in [-0.2, -0.15) is 10.2 Å². The zero-order valence-corrected chi connectivity index (χ0v) is 14.3. The number of aromatic nitrogens is 4. The van der Waals surface area contributed by atoms with Crippen molar-refractivity contribution in [3.63, 3.8) is 0 Å². The fraction of sp³-hybridized carbons (Fsp3) is 0.235. The first-order chi connectivity index (χ1) is 11.6. The number of anilines is 1. The summed E-state index contributed by atoms with van der Waals surface area (Å²) in [6.07, 6.45) is 4.18. The van der Waals surface area contributed by atoms with Gasteiger partial charge >= 0.3 is 0 Å². The van der Waals surface area contributed by atoms with E-state index >= 15 is 0 Å². The van der Waals surface area contributed by atoms with E-state index < -0.39 is 0 Å². The van der Waals surface area contributed by atoms with Crippen molar-refractivity contribution in [2.24, 2.45) is 0 Å². The Hall–Kier alpha value is -2.60. The second kappa shape index (κ2) is 6.88. The third-order valence-corrected chi connectivity index (χ3v) is 3.94. The molecule has 0 saturated heterocycles. The number of nitrogens with one attached hydrogen (secondary N) is 1. The van der Waals surface area contributed by atoms with E-state index in [-0.39, 0.29) is 5.91 Å². The standard InChI is InChI=1S/C17H18ClN5O/c1-3-9-22-16(7-8-19-22)21-17(24)15-11-20-23(12(15)2)14-6-4-5-13(18)10-14/h4-8,10-11H,3,9H2,1-2H3,(H,21,24). The lowest BCUT2D eigenvalue weighted by molar-refractivity contribution is 0.102. The SMILES string of the molecule is CCCn1nccc1NC(=O)c1cnn(-c2cccc(Cl)c2)c1C. The summed E-state index contributed by atoms with van der Waals surface area (Å²) in [7, 11) is 0.